The second-order valence-electron chi connectivity index (χ2n) is 8.08. The lowest BCUT2D eigenvalue weighted by Gasteiger charge is -2.31. The van der Waals surface area contributed by atoms with Crippen LogP contribution in [0.1, 0.15) is 35.6 Å². The summed E-state index contributed by atoms with van der Waals surface area (Å²) < 4.78 is 44.0. The molecule has 0 spiro atoms. The molecule has 1 aromatic carbocycles. The van der Waals surface area contributed by atoms with Crippen molar-refractivity contribution >= 4 is 28.1 Å². The third-order valence-corrected chi connectivity index (χ3v) is 7.78. The Hall–Kier alpha value is -3.37. The van der Waals surface area contributed by atoms with Gasteiger partial charge < -0.3 is 19.0 Å². The second kappa shape index (κ2) is 10.3. The van der Waals surface area contributed by atoms with Crippen LogP contribution in [0.15, 0.2) is 56.5 Å². The summed E-state index contributed by atoms with van der Waals surface area (Å²) in [5.41, 5.74) is 1.20. The van der Waals surface area contributed by atoms with Gasteiger partial charge >= 0.3 is 0 Å². The molecule has 1 aliphatic heterocycles. The number of sulfonamides is 1. The van der Waals surface area contributed by atoms with Crippen molar-refractivity contribution in [3.05, 3.63) is 65.4 Å². The Morgan fingerprint density at radius 3 is 2.76 bits per heavy atom. The molecule has 1 amide bonds. The number of aromatic nitrogens is 1. The Labute approximate surface area is 198 Å². The predicted octanol–water partition coefficient (Wildman–Crippen LogP) is 3.47. The van der Waals surface area contributed by atoms with E-state index in [2.05, 4.69) is 10.5 Å². The predicted molar refractivity (Wildman–Crippen MR) is 125 cm³/mol. The zero-order valence-electron chi connectivity index (χ0n) is 19.1. The highest BCUT2D eigenvalue weighted by atomic mass is 32.2. The lowest BCUT2D eigenvalue weighted by molar-refractivity contribution is -0.126. The van der Waals surface area contributed by atoms with Crippen LogP contribution in [0.5, 0.6) is 5.75 Å². The topological polar surface area (TPSA) is 115 Å². The number of aryl methyl sites for hydroxylation is 1. The monoisotopic (exact) mass is 485 g/mol. The molecule has 2 aromatic heterocycles. The van der Waals surface area contributed by atoms with E-state index in [1.54, 1.807) is 32.2 Å². The van der Waals surface area contributed by atoms with Gasteiger partial charge in [0, 0.05) is 19.6 Å². The van der Waals surface area contributed by atoms with Gasteiger partial charge in [-0.3, -0.25) is 4.79 Å². The number of ether oxygens (including phenoxy) is 1. The molecule has 3 heterocycles. The van der Waals surface area contributed by atoms with Gasteiger partial charge in [-0.15, -0.1) is 0 Å². The molecule has 0 bridgehead atoms. The van der Waals surface area contributed by atoms with Crippen molar-refractivity contribution in [2.75, 3.05) is 20.2 Å². The first kappa shape index (κ1) is 23.8. The van der Waals surface area contributed by atoms with Gasteiger partial charge in [-0.25, -0.2) is 8.42 Å². The van der Waals surface area contributed by atoms with Crippen molar-refractivity contribution in [1.82, 2.24) is 14.8 Å². The summed E-state index contributed by atoms with van der Waals surface area (Å²) in [6, 6.07) is 10.9. The first-order chi connectivity index (χ1) is 16.4. The minimum atomic E-state index is -3.91. The van der Waals surface area contributed by atoms with Crippen molar-refractivity contribution in [2.45, 2.75) is 31.2 Å². The third kappa shape index (κ3) is 5.23. The lowest BCUT2D eigenvalue weighted by atomic mass is 9.99. The Balaban J connectivity index is 1.45. The third-order valence-electron chi connectivity index (χ3n) is 5.75. The minimum absolute atomic E-state index is 0.00889. The summed E-state index contributed by atoms with van der Waals surface area (Å²) in [4.78, 5) is 12.8. The summed E-state index contributed by atoms with van der Waals surface area (Å²) in [5, 5.41) is 6.77. The first-order valence-corrected chi connectivity index (χ1v) is 12.4. The van der Waals surface area contributed by atoms with E-state index in [4.69, 9.17) is 13.7 Å². The normalized spacial score (nSPS) is 17.2. The Morgan fingerprint density at radius 1 is 1.26 bits per heavy atom. The molecule has 0 aliphatic carbocycles. The number of hydrogen-bond acceptors (Lipinski definition) is 7. The van der Waals surface area contributed by atoms with Crippen molar-refractivity contribution in [1.29, 1.82) is 0 Å². The van der Waals surface area contributed by atoms with Crippen LogP contribution in [0.4, 0.5) is 0 Å². The molecular formula is C24H27N3O6S. The summed E-state index contributed by atoms with van der Waals surface area (Å²) >= 11 is 0. The van der Waals surface area contributed by atoms with Gasteiger partial charge in [0.25, 0.3) is 0 Å². The molecule has 1 N–H and O–H groups in total. The SMILES string of the molecule is COc1ccc(CNC(=O)[C@@H]2CCCN(S(=O)(=O)c3c(C)noc3/C=C/c3ccco3)C2)cc1. The molecule has 34 heavy (non-hydrogen) atoms. The maximum Gasteiger partial charge on any atom is 0.248 e. The number of amides is 1. The van der Waals surface area contributed by atoms with Crippen molar-refractivity contribution in [2.24, 2.45) is 5.92 Å². The fraction of sp³-hybridized carbons (Fsp3) is 0.333. The number of nitrogens with one attached hydrogen (secondary N) is 1. The number of methoxy groups -OCH3 is 1. The van der Waals surface area contributed by atoms with E-state index >= 15 is 0 Å². The van der Waals surface area contributed by atoms with Gasteiger partial charge in [-0.05, 0) is 61.7 Å². The number of furan rings is 1. The van der Waals surface area contributed by atoms with Crippen LogP contribution in [0.25, 0.3) is 12.2 Å². The van der Waals surface area contributed by atoms with Gasteiger partial charge in [0.2, 0.25) is 15.9 Å². The van der Waals surface area contributed by atoms with Crippen LogP contribution in [0, 0.1) is 12.8 Å². The van der Waals surface area contributed by atoms with Gasteiger partial charge in [0.15, 0.2) is 10.7 Å². The fourth-order valence-corrected chi connectivity index (χ4v) is 5.70. The zero-order chi connectivity index (χ0) is 24.1. The molecule has 1 aliphatic rings. The number of piperidine rings is 1. The van der Waals surface area contributed by atoms with Crippen molar-refractivity contribution in [3.63, 3.8) is 0 Å². The molecule has 180 valence electrons. The number of benzene rings is 1. The molecule has 1 fully saturated rings. The van der Waals surface area contributed by atoms with E-state index in [1.807, 2.05) is 24.3 Å². The van der Waals surface area contributed by atoms with Crippen molar-refractivity contribution < 1.29 is 26.9 Å². The molecule has 0 unspecified atom stereocenters. The number of rotatable bonds is 8. The molecule has 3 aromatic rings. The van der Waals surface area contributed by atoms with Crippen LogP contribution in [-0.4, -0.2) is 44.0 Å². The van der Waals surface area contributed by atoms with Crippen LogP contribution in [0.2, 0.25) is 0 Å². The fourth-order valence-electron chi connectivity index (χ4n) is 3.92. The number of carbonyl (C=O) groups is 1. The maximum absolute atomic E-state index is 13.5. The summed E-state index contributed by atoms with van der Waals surface area (Å²) in [7, 11) is -2.31. The van der Waals surface area contributed by atoms with E-state index in [1.165, 1.54) is 16.6 Å². The highest BCUT2D eigenvalue weighted by Gasteiger charge is 2.36. The summed E-state index contributed by atoms with van der Waals surface area (Å²) in [6.45, 7) is 2.38. The summed E-state index contributed by atoms with van der Waals surface area (Å²) in [6.07, 6.45) is 5.87. The first-order valence-electron chi connectivity index (χ1n) is 11.0. The number of nitrogens with zero attached hydrogens (tertiary/aromatic N) is 2. The van der Waals surface area contributed by atoms with Gasteiger partial charge in [-0.2, -0.15) is 4.31 Å². The van der Waals surface area contributed by atoms with E-state index in [9.17, 15) is 13.2 Å². The van der Waals surface area contributed by atoms with Crippen LogP contribution < -0.4 is 10.1 Å². The maximum atomic E-state index is 13.5. The van der Waals surface area contributed by atoms with Gasteiger partial charge in [0.1, 0.15) is 17.2 Å². The molecule has 10 heteroatoms. The quantitative estimate of drug-likeness (QED) is 0.519. The molecule has 0 radical (unpaired) electrons. The summed E-state index contributed by atoms with van der Waals surface area (Å²) in [5.74, 6) is 0.814. The lowest BCUT2D eigenvalue weighted by Crippen LogP contribution is -2.45. The molecule has 1 atom stereocenters. The standard InChI is InChI=1S/C24H27N3O6S/c1-17-23(22(33-26-17)12-11-21-6-4-14-32-21)34(29,30)27-13-3-5-19(16-27)24(28)25-15-18-7-9-20(31-2)10-8-18/h4,6-12,14,19H,3,5,13,15-16H2,1-2H3,(H,25,28)/b12-11+/t19-/m1/s1. The largest absolute Gasteiger partial charge is 0.497 e. The average Bonchev–Trinajstić information content (AvgIpc) is 3.51. The smallest absolute Gasteiger partial charge is 0.248 e. The molecule has 4 rings (SSSR count). The molecule has 0 saturated carbocycles. The second-order valence-corrected chi connectivity index (χ2v) is 9.95. The Kier molecular flexibility index (Phi) is 7.18. The highest BCUT2D eigenvalue weighted by molar-refractivity contribution is 7.89. The number of hydrogen-bond donors (Lipinski definition) is 1. The highest BCUT2D eigenvalue weighted by Crippen LogP contribution is 2.29. The van der Waals surface area contributed by atoms with E-state index in [-0.39, 0.29) is 28.8 Å². The average molecular weight is 486 g/mol. The van der Waals surface area contributed by atoms with Crippen LogP contribution >= 0.6 is 0 Å². The Morgan fingerprint density at radius 2 is 2.06 bits per heavy atom. The Bertz CT molecular complexity index is 1250. The van der Waals surface area contributed by atoms with E-state index < -0.39 is 15.9 Å². The number of carbonyl (C=O) groups excluding carboxylic acids is 1. The van der Waals surface area contributed by atoms with Crippen LogP contribution in [-0.2, 0) is 21.4 Å². The van der Waals surface area contributed by atoms with E-state index in [0.29, 0.717) is 31.7 Å². The van der Waals surface area contributed by atoms with Gasteiger partial charge in [0.05, 0.1) is 19.3 Å². The minimum Gasteiger partial charge on any atom is -0.497 e. The van der Waals surface area contributed by atoms with Crippen LogP contribution in [0.3, 0.4) is 0 Å². The molecule has 1 saturated heterocycles. The van der Waals surface area contributed by atoms with E-state index in [0.717, 1.165) is 11.3 Å². The van der Waals surface area contributed by atoms with Crippen molar-refractivity contribution in [3.8, 4) is 5.75 Å². The zero-order valence-corrected chi connectivity index (χ0v) is 19.9. The molecule has 9 nitrogen and oxygen atoms in total. The van der Waals surface area contributed by atoms with Gasteiger partial charge in [-0.1, -0.05) is 17.3 Å². The molecular weight excluding hydrogens is 458 g/mol.